The van der Waals surface area contributed by atoms with Crippen LogP contribution in [0.2, 0.25) is 0 Å². The van der Waals surface area contributed by atoms with Gasteiger partial charge in [-0.05, 0) is 31.5 Å². The van der Waals surface area contributed by atoms with E-state index in [9.17, 15) is 4.79 Å². The molecule has 0 amide bonds. The van der Waals surface area contributed by atoms with E-state index in [0.29, 0.717) is 30.8 Å². The molecule has 0 saturated heterocycles. The maximum absolute atomic E-state index is 12.8. The maximum Gasteiger partial charge on any atom is 0.277 e. The zero-order valence-corrected chi connectivity index (χ0v) is 13.7. The third kappa shape index (κ3) is 2.70. The molecule has 0 atom stereocenters. The standard InChI is InChI=1S/C17H21N3O3/c1-4-23-9-5-8-20-11-18-15-13-10-12(22-3)6-7-14(13)19(2)16(15)17(20)21/h6-7,10-11H,4-5,8-9H2,1-3H3. The molecular formula is C17H21N3O3. The molecule has 2 aromatic heterocycles. The van der Waals surface area contributed by atoms with E-state index in [2.05, 4.69) is 4.98 Å². The topological polar surface area (TPSA) is 58.3 Å². The second-order valence-electron chi connectivity index (χ2n) is 5.43. The molecular weight excluding hydrogens is 294 g/mol. The minimum atomic E-state index is -0.0239. The fourth-order valence-corrected chi connectivity index (χ4v) is 2.86. The second kappa shape index (κ2) is 6.42. The Morgan fingerprint density at radius 2 is 2.13 bits per heavy atom. The lowest BCUT2D eigenvalue weighted by molar-refractivity contribution is 0.141. The van der Waals surface area contributed by atoms with Gasteiger partial charge in [0, 0.05) is 32.2 Å². The van der Waals surface area contributed by atoms with Crippen LogP contribution >= 0.6 is 0 Å². The third-order valence-electron chi connectivity index (χ3n) is 4.06. The van der Waals surface area contributed by atoms with Crippen LogP contribution in [0.15, 0.2) is 29.3 Å². The van der Waals surface area contributed by atoms with Crippen molar-refractivity contribution in [2.24, 2.45) is 7.05 Å². The average Bonchev–Trinajstić information content (AvgIpc) is 2.86. The molecule has 2 heterocycles. The molecule has 0 saturated carbocycles. The van der Waals surface area contributed by atoms with Crippen LogP contribution in [0.5, 0.6) is 5.75 Å². The summed E-state index contributed by atoms with van der Waals surface area (Å²) in [5, 5.41) is 0.931. The summed E-state index contributed by atoms with van der Waals surface area (Å²) >= 11 is 0. The molecule has 0 unspecified atom stereocenters. The van der Waals surface area contributed by atoms with Gasteiger partial charge >= 0.3 is 0 Å². The lowest BCUT2D eigenvalue weighted by Crippen LogP contribution is -2.22. The Morgan fingerprint density at radius 3 is 2.87 bits per heavy atom. The molecule has 3 aromatic rings. The smallest absolute Gasteiger partial charge is 0.277 e. The molecule has 0 aliphatic heterocycles. The van der Waals surface area contributed by atoms with Gasteiger partial charge in [0.2, 0.25) is 0 Å². The number of fused-ring (bicyclic) bond motifs is 3. The van der Waals surface area contributed by atoms with Gasteiger partial charge in [-0.25, -0.2) is 4.98 Å². The molecule has 122 valence electrons. The van der Waals surface area contributed by atoms with Crippen LogP contribution < -0.4 is 10.3 Å². The first kappa shape index (κ1) is 15.6. The van der Waals surface area contributed by atoms with Crippen molar-refractivity contribution in [1.29, 1.82) is 0 Å². The van der Waals surface area contributed by atoms with Gasteiger partial charge in [0.15, 0.2) is 0 Å². The highest BCUT2D eigenvalue weighted by molar-refractivity contribution is 6.05. The van der Waals surface area contributed by atoms with Crippen LogP contribution in [-0.2, 0) is 18.3 Å². The summed E-state index contributed by atoms with van der Waals surface area (Å²) in [6, 6.07) is 5.76. The predicted molar refractivity (Wildman–Crippen MR) is 90.1 cm³/mol. The fraction of sp³-hybridized carbons (Fsp3) is 0.412. The van der Waals surface area contributed by atoms with E-state index >= 15 is 0 Å². The fourth-order valence-electron chi connectivity index (χ4n) is 2.86. The number of hydrogen-bond donors (Lipinski definition) is 0. The monoisotopic (exact) mass is 315 g/mol. The summed E-state index contributed by atoms with van der Waals surface area (Å²) in [6.07, 6.45) is 2.41. The van der Waals surface area contributed by atoms with E-state index < -0.39 is 0 Å². The molecule has 0 N–H and O–H groups in total. The highest BCUT2D eigenvalue weighted by Crippen LogP contribution is 2.27. The Balaban J connectivity index is 2.08. The molecule has 3 rings (SSSR count). The number of aryl methyl sites for hydroxylation is 2. The highest BCUT2D eigenvalue weighted by Gasteiger charge is 2.14. The number of rotatable bonds is 6. The molecule has 6 heteroatoms. The molecule has 0 bridgehead atoms. The van der Waals surface area contributed by atoms with Crippen molar-refractivity contribution in [1.82, 2.24) is 14.1 Å². The van der Waals surface area contributed by atoms with Crippen molar-refractivity contribution in [2.45, 2.75) is 19.9 Å². The van der Waals surface area contributed by atoms with Crippen molar-refractivity contribution in [3.8, 4) is 5.75 Å². The Hall–Kier alpha value is -2.34. The zero-order chi connectivity index (χ0) is 16.4. The van der Waals surface area contributed by atoms with E-state index in [-0.39, 0.29) is 5.56 Å². The molecule has 0 aliphatic carbocycles. The molecule has 0 fully saturated rings. The molecule has 6 nitrogen and oxygen atoms in total. The first-order chi connectivity index (χ1) is 11.2. The second-order valence-corrected chi connectivity index (χ2v) is 5.43. The summed E-state index contributed by atoms with van der Waals surface area (Å²) in [4.78, 5) is 17.3. The van der Waals surface area contributed by atoms with Gasteiger partial charge in [-0.3, -0.25) is 9.36 Å². The normalized spacial score (nSPS) is 11.4. The molecule has 0 radical (unpaired) electrons. The Kier molecular flexibility index (Phi) is 4.34. The van der Waals surface area contributed by atoms with E-state index in [1.165, 1.54) is 0 Å². The van der Waals surface area contributed by atoms with Crippen LogP contribution in [0.25, 0.3) is 21.9 Å². The Bertz CT molecular complexity index is 895. The van der Waals surface area contributed by atoms with E-state index in [4.69, 9.17) is 9.47 Å². The Morgan fingerprint density at radius 1 is 1.30 bits per heavy atom. The third-order valence-corrected chi connectivity index (χ3v) is 4.06. The summed E-state index contributed by atoms with van der Waals surface area (Å²) in [5.41, 5.74) is 2.28. The van der Waals surface area contributed by atoms with Crippen molar-refractivity contribution in [3.05, 3.63) is 34.9 Å². The number of methoxy groups -OCH3 is 1. The van der Waals surface area contributed by atoms with Gasteiger partial charge < -0.3 is 14.0 Å². The minimum Gasteiger partial charge on any atom is -0.497 e. The molecule has 23 heavy (non-hydrogen) atoms. The first-order valence-electron chi connectivity index (χ1n) is 7.76. The van der Waals surface area contributed by atoms with Crippen LogP contribution in [0.1, 0.15) is 13.3 Å². The van der Waals surface area contributed by atoms with Gasteiger partial charge in [0.1, 0.15) is 16.8 Å². The average molecular weight is 315 g/mol. The van der Waals surface area contributed by atoms with Crippen LogP contribution in [0.4, 0.5) is 0 Å². The largest absolute Gasteiger partial charge is 0.497 e. The molecule has 0 aliphatic rings. The van der Waals surface area contributed by atoms with Crippen molar-refractivity contribution < 1.29 is 9.47 Å². The van der Waals surface area contributed by atoms with Gasteiger partial charge in [-0.15, -0.1) is 0 Å². The predicted octanol–water partition coefficient (Wildman–Crippen LogP) is 2.32. The Labute approximate surface area is 134 Å². The van der Waals surface area contributed by atoms with Crippen LogP contribution in [0, 0.1) is 0 Å². The molecule has 1 aromatic carbocycles. The summed E-state index contributed by atoms with van der Waals surface area (Å²) in [6.45, 7) is 3.90. The zero-order valence-electron chi connectivity index (χ0n) is 13.7. The molecule has 0 spiro atoms. The summed E-state index contributed by atoms with van der Waals surface area (Å²) in [7, 11) is 3.52. The SMILES string of the molecule is CCOCCCn1cnc2c3cc(OC)ccc3n(C)c2c1=O. The van der Waals surface area contributed by atoms with Crippen molar-refractivity contribution >= 4 is 21.9 Å². The summed E-state index contributed by atoms with van der Waals surface area (Å²) in [5.74, 6) is 0.757. The van der Waals surface area contributed by atoms with Crippen molar-refractivity contribution in [3.63, 3.8) is 0 Å². The first-order valence-corrected chi connectivity index (χ1v) is 7.76. The number of nitrogens with zero attached hydrogens (tertiary/aromatic N) is 3. The highest BCUT2D eigenvalue weighted by atomic mass is 16.5. The number of aromatic nitrogens is 3. The number of benzene rings is 1. The van der Waals surface area contributed by atoms with Gasteiger partial charge in [0.25, 0.3) is 5.56 Å². The van der Waals surface area contributed by atoms with E-state index in [0.717, 1.165) is 23.1 Å². The van der Waals surface area contributed by atoms with Crippen LogP contribution in [0.3, 0.4) is 0 Å². The number of hydrogen-bond acceptors (Lipinski definition) is 4. The number of ether oxygens (including phenoxy) is 2. The lowest BCUT2D eigenvalue weighted by atomic mass is 10.2. The van der Waals surface area contributed by atoms with E-state index in [1.807, 2.05) is 36.7 Å². The summed E-state index contributed by atoms with van der Waals surface area (Å²) < 4.78 is 14.2. The van der Waals surface area contributed by atoms with Gasteiger partial charge in [0.05, 0.1) is 19.0 Å². The van der Waals surface area contributed by atoms with E-state index in [1.54, 1.807) is 18.0 Å². The van der Waals surface area contributed by atoms with Crippen LogP contribution in [-0.4, -0.2) is 34.4 Å². The lowest BCUT2D eigenvalue weighted by Gasteiger charge is -2.06. The minimum absolute atomic E-state index is 0.0239. The quantitative estimate of drug-likeness (QED) is 0.655. The maximum atomic E-state index is 12.8. The van der Waals surface area contributed by atoms with Crippen molar-refractivity contribution in [2.75, 3.05) is 20.3 Å². The van der Waals surface area contributed by atoms with Gasteiger partial charge in [-0.2, -0.15) is 0 Å². The van der Waals surface area contributed by atoms with Gasteiger partial charge in [-0.1, -0.05) is 0 Å².